The lowest BCUT2D eigenvalue weighted by molar-refractivity contribution is 0.464. The smallest absolute Gasteiger partial charge is 0.0855 e. The third-order valence-corrected chi connectivity index (χ3v) is 2.40. The van der Waals surface area contributed by atoms with Crippen molar-refractivity contribution in [3.63, 3.8) is 0 Å². The lowest BCUT2D eigenvalue weighted by atomic mass is 9.91. The van der Waals surface area contributed by atoms with Gasteiger partial charge in [0.1, 0.15) is 0 Å². The minimum Gasteiger partial charge on any atom is -0.198 e. The molecule has 0 aliphatic carbocycles. The molecule has 11 heavy (non-hydrogen) atoms. The van der Waals surface area contributed by atoms with Crippen LogP contribution in [0.3, 0.4) is 0 Å². The van der Waals surface area contributed by atoms with E-state index in [0.29, 0.717) is 11.8 Å². The topological polar surface area (TPSA) is 41.6 Å². The molecule has 0 aliphatic heterocycles. The molecule has 62 valence electrons. The Balaban J connectivity index is 2.62. The molecule has 1 N–H and O–H groups in total. The first kappa shape index (κ1) is 8.24. The summed E-state index contributed by atoms with van der Waals surface area (Å²) in [5.41, 5.74) is 1.07. The lowest BCUT2D eigenvalue weighted by Gasteiger charge is -2.14. The van der Waals surface area contributed by atoms with Gasteiger partial charge in [0.25, 0.3) is 0 Å². The summed E-state index contributed by atoms with van der Waals surface area (Å²) in [4.78, 5) is 0. The maximum Gasteiger partial charge on any atom is 0.0855 e. The van der Waals surface area contributed by atoms with Crippen molar-refractivity contribution in [1.82, 2.24) is 15.4 Å². The minimum atomic E-state index is 0.513. The van der Waals surface area contributed by atoms with Crippen molar-refractivity contribution in [2.24, 2.45) is 5.92 Å². The standard InChI is InChI=1S/C8H15N3/c1-4-6(2)7(3)8-5-9-11-10-8/h5-7H,4H2,1-3H3,(H,9,10,11). The largest absolute Gasteiger partial charge is 0.198 e. The van der Waals surface area contributed by atoms with E-state index in [1.165, 1.54) is 6.42 Å². The summed E-state index contributed by atoms with van der Waals surface area (Å²) in [6, 6.07) is 0. The van der Waals surface area contributed by atoms with E-state index >= 15 is 0 Å². The zero-order valence-corrected chi connectivity index (χ0v) is 7.33. The number of hydrogen-bond acceptors (Lipinski definition) is 2. The maximum absolute atomic E-state index is 4.05. The molecule has 0 aliphatic rings. The van der Waals surface area contributed by atoms with Gasteiger partial charge in [-0.15, -0.1) is 0 Å². The molecular weight excluding hydrogens is 138 g/mol. The van der Waals surface area contributed by atoms with Gasteiger partial charge in [-0.1, -0.05) is 27.2 Å². The second-order valence-electron chi connectivity index (χ2n) is 3.07. The van der Waals surface area contributed by atoms with Gasteiger partial charge in [0.05, 0.1) is 11.9 Å². The Kier molecular flexibility index (Phi) is 2.63. The van der Waals surface area contributed by atoms with Gasteiger partial charge < -0.3 is 0 Å². The van der Waals surface area contributed by atoms with E-state index in [9.17, 15) is 0 Å². The van der Waals surface area contributed by atoms with Crippen LogP contribution in [0.25, 0.3) is 0 Å². The molecule has 0 saturated heterocycles. The van der Waals surface area contributed by atoms with Gasteiger partial charge in [-0.2, -0.15) is 15.4 Å². The van der Waals surface area contributed by atoms with Crippen LogP contribution in [0, 0.1) is 5.92 Å². The number of hydrogen-bond donors (Lipinski definition) is 1. The van der Waals surface area contributed by atoms with Gasteiger partial charge in [-0.25, -0.2) is 0 Å². The van der Waals surface area contributed by atoms with Gasteiger partial charge in [-0.05, 0) is 5.92 Å². The van der Waals surface area contributed by atoms with Crippen LogP contribution in [0.15, 0.2) is 6.20 Å². The lowest BCUT2D eigenvalue weighted by Crippen LogP contribution is -2.05. The highest BCUT2D eigenvalue weighted by molar-refractivity contribution is 5.00. The fraction of sp³-hybridized carbons (Fsp3) is 0.750. The summed E-state index contributed by atoms with van der Waals surface area (Å²) in [5.74, 6) is 1.19. The Labute approximate surface area is 67.2 Å². The Morgan fingerprint density at radius 1 is 1.55 bits per heavy atom. The predicted molar refractivity (Wildman–Crippen MR) is 44.3 cm³/mol. The number of nitrogens with one attached hydrogen (secondary N) is 1. The van der Waals surface area contributed by atoms with E-state index in [-0.39, 0.29) is 0 Å². The monoisotopic (exact) mass is 153 g/mol. The molecule has 0 aromatic carbocycles. The fourth-order valence-corrected chi connectivity index (χ4v) is 1.07. The van der Waals surface area contributed by atoms with Crippen molar-refractivity contribution in [1.29, 1.82) is 0 Å². The maximum atomic E-state index is 4.05. The third-order valence-electron chi connectivity index (χ3n) is 2.40. The van der Waals surface area contributed by atoms with Crippen LogP contribution in [-0.4, -0.2) is 15.4 Å². The zero-order valence-electron chi connectivity index (χ0n) is 7.33. The Bertz CT molecular complexity index is 193. The van der Waals surface area contributed by atoms with Crippen LogP contribution < -0.4 is 0 Å². The van der Waals surface area contributed by atoms with E-state index in [0.717, 1.165) is 5.69 Å². The fourth-order valence-electron chi connectivity index (χ4n) is 1.07. The number of nitrogens with zero attached hydrogens (tertiary/aromatic N) is 2. The summed E-state index contributed by atoms with van der Waals surface area (Å²) < 4.78 is 0. The van der Waals surface area contributed by atoms with E-state index in [2.05, 4.69) is 36.2 Å². The Morgan fingerprint density at radius 3 is 2.73 bits per heavy atom. The predicted octanol–water partition coefficient (Wildman–Crippen LogP) is 1.95. The van der Waals surface area contributed by atoms with E-state index < -0.39 is 0 Å². The molecule has 1 rings (SSSR count). The van der Waals surface area contributed by atoms with Crippen LogP contribution in [0.5, 0.6) is 0 Å². The molecule has 0 fully saturated rings. The molecule has 3 heteroatoms. The highest BCUT2D eigenvalue weighted by Crippen LogP contribution is 2.23. The van der Waals surface area contributed by atoms with Crippen molar-refractivity contribution < 1.29 is 0 Å². The van der Waals surface area contributed by atoms with Crippen LogP contribution in [0.1, 0.15) is 38.8 Å². The summed E-state index contributed by atoms with van der Waals surface area (Å²) in [6.07, 6.45) is 2.99. The molecule has 3 nitrogen and oxygen atoms in total. The van der Waals surface area contributed by atoms with E-state index in [4.69, 9.17) is 0 Å². The second-order valence-corrected chi connectivity index (χ2v) is 3.07. The normalized spacial score (nSPS) is 16.3. The molecule has 2 atom stereocenters. The first-order chi connectivity index (χ1) is 5.25. The highest BCUT2D eigenvalue weighted by atomic mass is 15.3. The molecule has 1 aromatic heterocycles. The number of aromatic amines is 1. The SMILES string of the molecule is CCC(C)C(C)c1cn[nH]n1. The number of aromatic nitrogens is 3. The van der Waals surface area contributed by atoms with Crippen molar-refractivity contribution in [2.75, 3.05) is 0 Å². The Hall–Kier alpha value is -0.860. The molecule has 0 radical (unpaired) electrons. The summed E-state index contributed by atoms with van der Waals surface area (Å²) in [7, 11) is 0. The first-order valence-electron chi connectivity index (χ1n) is 4.11. The van der Waals surface area contributed by atoms with Gasteiger partial charge in [0, 0.05) is 5.92 Å². The highest BCUT2D eigenvalue weighted by Gasteiger charge is 2.14. The molecule has 2 unspecified atom stereocenters. The van der Waals surface area contributed by atoms with Crippen molar-refractivity contribution >= 4 is 0 Å². The van der Waals surface area contributed by atoms with Crippen LogP contribution >= 0.6 is 0 Å². The van der Waals surface area contributed by atoms with E-state index in [1.807, 2.05) is 0 Å². The molecule has 0 amide bonds. The van der Waals surface area contributed by atoms with Crippen LogP contribution in [-0.2, 0) is 0 Å². The molecule has 0 saturated carbocycles. The van der Waals surface area contributed by atoms with E-state index in [1.54, 1.807) is 6.20 Å². The molecule has 0 spiro atoms. The Morgan fingerprint density at radius 2 is 2.27 bits per heavy atom. The molecule has 0 bridgehead atoms. The minimum absolute atomic E-state index is 0.513. The third kappa shape index (κ3) is 1.79. The van der Waals surface area contributed by atoms with Crippen LogP contribution in [0.2, 0.25) is 0 Å². The van der Waals surface area contributed by atoms with Gasteiger partial charge in [-0.3, -0.25) is 0 Å². The molecule has 1 heterocycles. The average Bonchev–Trinajstić information content (AvgIpc) is 2.53. The van der Waals surface area contributed by atoms with Crippen molar-refractivity contribution in [3.8, 4) is 0 Å². The van der Waals surface area contributed by atoms with Gasteiger partial charge in [0.15, 0.2) is 0 Å². The zero-order chi connectivity index (χ0) is 8.27. The van der Waals surface area contributed by atoms with Crippen molar-refractivity contribution in [2.45, 2.75) is 33.1 Å². The summed E-state index contributed by atoms with van der Waals surface area (Å²) >= 11 is 0. The van der Waals surface area contributed by atoms with Crippen molar-refractivity contribution in [3.05, 3.63) is 11.9 Å². The number of H-pyrrole nitrogens is 1. The van der Waals surface area contributed by atoms with Gasteiger partial charge >= 0.3 is 0 Å². The molecular formula is C8H15N3. The summed E-state index contributed by atoms with van der Waals surface area (Å²) in [5, 5.41) is 10.5. The summed E-state index contributed by atoms with van der Waals surface area (Å²) in [6.45, 7) is 6.62. The first-order valence-corrected chi connectivity index (χ1v) is 4.11. The van der Waals surface area contributed by atoms with Gasteiger partial charge in [0.2, 0.25) is 0 Å². The average molecular weight is 153 g/mol. The quantitative estimate of drug-likeness (QED) is 0.721. The molecule has 1 aromatic rings. The van der Waals surface area contributed by atoms with Crippen LogP contribution in [0.4, 0.5) is 0 Å². The second kappa shape index (κ2) is 3.51. The number of rotatable bonds is 3.